The zero-order valence-corrected chi connectivity index (χ0v) is 16.3. The van der Waals surface area contributed by atoms with Crippen LogP contribution in [0.1, 0.15) is 16.8 Å². The van der Waals surface area contributed by atoms with E-state index >= 15 is 0 Å². The molecule has 1 aromatic heterocycles. The number of carbonyl (C=O) groups excluding carboxylic acids is 1. The lowest BCUT2D eigenvalue weighted by Crippen LogP contribution is -2.14. The number of thiazole rings is 1. The van der Waals surface area contributed by atoms with E-state index in [1.54, 1.807) is 30.8 Å². The highest BCUT2D eigenvalue weighted by atomic mass is 35.5. The molecule has 1 heterocycles. The molecule has 1 amide bonds. The van der Waals surface area contributed by atoms with E-state index in [-0.39, 0.29) is 18.1 Å². The van der Waals surface area contributed by atoms with E-state index in [1.807, 2.05) is 29.6 Å². The zero-order chi connectivity index (χ0) is 18.5. The molecule has 0 unspecified atom stereocenters. The second-order valence-corrected chi connectivity index (χ2v) is 8.23. The van der Waals surface area contributed by atoms with Crippen LogP contribution in [0.2, 0.25) is 5.02 Å². The van der Waals surface area contributed by atoms with Crippen LogP contribution in [0.3, 0.4) is 0 Å². The molecule has 0 aliphatic carbocycles. The highest BCUT2D eigenvalue weighted by Gasteiger charge is 2.10. The number of thioether (sulfide) groups is 1. The zero-order valence-electron chi connectivity index (χ0n) is 14.0. The van der Waals surface area contributed by atoms with Crippen molar-refractivity contribution in [3.05, 3.63) is 75.5 Å². The number of nitrogens with zero attached hydrogens (tertiary/aromatic N) is 1. The maximum Gasteiger partial charge on any atom is 0.230 e. The van der Waals surface area contributed by atoms with Gasteiger partial charge >= 0.3 is 0 Å². The smallest absolute Gasteiger partial charge is 0.230 e. The fraction of sp³-hybridized carbons (Fsp3) is 0.158. The SMILES string of the molecule is Cc1ccc(NC(=O)Cc2csc(SCc3ccc(Cl)cc3)n2)cc1F. The molecule has 0 saturated carbocycles. The standard InChI is InChI=1S/C19H16ClFN2OS2/c1-12-2-7-15(8-17(12)21)22-18(24)9-16-11-26-19(23-16)25-10-13-3-5-14(20)6-4-13/h2-8,11H,9-10H2,1H3,(H,22,24). The Bertz CT molecular complexity index is 912. The lowest BCUT2D eigenvalue weighted by Gasteiger charge is -2.05. The van der Waals surface area contributed by atoms with E-state index in [0.717, 1.165) is 20.7 Å². The van der Waals surface area contributed by atoms with Gasteiger partial charge in [0.25, 0.3) is 0 Å². The summed E-state index contributed by atoms with van der Waals surface area (Å²) in [5.74, 6) is 0.240. The van der Waals surface area contributed by atoms with Crippen molar-refractivity contribution in [1.82, 2.24) is 4.98 Å². The Balaban J connectivity index is 1.53. The van der Waals surface area contributed by atoms with Crippen LogP contribution in [0, 0.1) is 12.7 Å². The van der Waals surface area contributed by atoms with Crippen molar-refractivity contribution in [3.8, 4) is 0 Å². The molecule has 134 valence electrons. The van der Waals surface area contributed by atoms with Crippen LogP contribution >= 0.6 is 34.7 Å². The van der Waals surface area contributed by atoms with Gasteiger partial charge in [0.1, 0.15) is 10.2 Å². The van der Waals surface area contributed by atoms with Crippen molar-refractivity contribution < 1.29 is 9.18 Å². The second kappa shape index (κ2) is 8.66. The predicted molar refractivity (Wildman–Crippen MR) is 107 cm³/mol. The average molecular weight is 407 g/mol. The number of benzene rings is 2. The number of amides is 1. The Morgan fingerprint density at radius 1 is 1.27 bits per heavy atom. The number of hydrogen-bond donors (Lipinski definition) is 1. The normalized spacial score (nSPS) is 10.7. The molecule has 26 heavy (non-hydrogen) atoms. The minimum Gasteiger partial charge on any atom is -0.326 e. The maximum atomic E-state index is 13.5. The van der Waals surface area contributed by atoms with Crippen LogP contribution in [0.5, 0.6) is 0 Å². The molecule has 0 saturated heterocycles. The number of nitrogens with one attached hydrogen (secondary N) is 1. The molecule has 0 atom stereocenters. The largest absolute Gasteiger partial charge is 0.326 e. The third-order valence-electron chi connectivity index (χ3n) is 3.60. The van der Waals surface area contributed by atoms with Crippen LogP contribution in [0.4, 0.5) is 10.1 Å². The van der Waals surface area contributed by atoms with E-state index < -0.39 is 0 Å². The summed E-state index contributed by atoms with van der Waals surface area (Å²) in [6, 6.07) is 12.3. The lowest BCUT2D eigenvalue weighted by atomic mass is 10.2. The molecule has 7 heteroatoms. The summed E-state index contributed by atoms with van der Waals surface area (Å²) in [4.78, 5) is 16.6. The van der Waals surface area contributed by atoms with Gasteiger partial charge in [-0.2, -0.15) is 0 Å². The van der Waals surface area contributed by atoms with Crippen LogP contribution in [0.25, 0.3) is 0 Å². The van der Waals surface area contributed by atoms with Crippen molar-refractivity contribution in [2.24, 2.45) is 0 Å². The predicted octanol–water partition coefficient (Wildman–Crippen LogP) is 5.72. The van der Waals surface area contributed by atoms with Crippen molar-refractivity contribution >= 4 is 46.3 Å². The van der Waals surface area contributed by atoms with E-state index in [4.69, 9.17) is 11.6 Å². The van der Waals surface area contributed by atoms with Gasteiger partial charge < -0.3 is 5.32 Å². The first-order chi connectivity index (χ1) is 12.5. The first-order valence-electron chi connectivity index (χ1n) is 7.87. The molecule has 0 fully saturated rings. The van der Waals surface area contributed by atoms with Gasteiger partial charge in [-0.1, -0.05) is 41.6 Å². The number of carbonyl (C=O) groups is 1. The first kappa shape index (κ1) is 18.9. The summed E-state index contributed by atoms with van der Waals surface area (Å²) in [5.41, 5.74) is 2.87. The van der Waals surface area contributed by atoms with Crippen LogP contribution in [0.15, 0.2) is 52.2 Å². The molecule has 0 bridgehead atoms. The Kier molecular flexibility index (Phi) is 6.29. The van der Waals surface area contributed by atoms with Gasteiger partial charge in [-0.25, -0.2) is 9.37 Å². The van der Waals surface area contributed by atoms with Gasteiger partial charge in [-0.05, 0) is 42.3 Å². The monoisotopic (exact) mass is 406 g/mol. The Labute approximate surface area is 164 Å². The van der Waals surface area contributed by atoms with Crippen molar-refractivity contribution in [1.29, 1.82) is 0 Å². The highest BCUT2D eigenvalue weighted by molar-refractivity contribution is 8.00. The topological polar surface area (TPSA) is 42.0 Å². The minimum atomic E-state index is -0.336. The number of anilines is 1. The molecule has 0 aliphatic rings. The maximum absolute atomic E-state index is 13.5. The molecule has 0 radical (unpaired) electrons. The molecular weight excluding hydrogens is 391 g/mol. The summed E-state index contributed by atoms with van der Waals surface area (Å²) in [5, 5.41) is 5.29. The van der Waals surface area contributed by atoms with Gasteiger partial charge in [-0.15, -0.1) is 11.3 Å². The number of aryl methyl sites for hydroxylation is 1. The van der Waals surface area contributed by atoms with Gasteiger partial charge in [-0.3, -0.25) is 4.79 Å². The molecule has 1 N–H and O–H groups in total. The molecule has 0 spiro atoms. The highest BCUT2D eigenvalue weighted by Crippen LogP contribution is 2.27. The van der Waals surface area contributed by atoms with Crippen LogP contribution in [-0.4, -0.2) is 10.9 Å². The fourth-order valence-corrected chi connectivity index (χ4v) is 4.13. The Morgan fingerprint density at radius 2 is 2.04 bits per heavy atom. The summed E-state index contributed by atoms with van der Waals surface area (Å²) in [6.45, 7) is 1.68. The second-order valence-electron chi connectivity index (χ2n) is 5.71. The van der Waals surface area contributed by atoms with Gasteiger partial charge in [0.2, 0.25) is 5.91 Å². The number of rotatable bonds is 6. The fourth-order valence-electron chi connectivity index (χ4n) is 2.20. The Morgan fingerprint density at radius 3 is 2.77 bits per heavy atom. The molecule has 0 aliphatic heterocycles. The third kappa shape index (κ3) is 5.30. The molecule has 2 aromatic carbocycles. The van der Waals surface area contributed by atoms with Crippen molar-refractivity contribution in [2.75, 3.05) is 5.32 Å². The molecule has 3 rings (SSSR count). The summed E-state index contributed by atoms with van der Waals surface area (Å²) >= 11 is 9.01. The summed E-state index contributed by atoms with van der Waals surface area (Å²) in [7, 11) is 0. The van der Waals surface area contributed by atoms with E-state index in [2.05, 4.69) is 10.3 Å². The van der Waals surface area contributed by atoms with Gasteiger partial charge in [0, 0.05) is 21.8 Å². The summed E-state index contributed by atoms with van der Waals surface area (Å²) in [6.07, 6.45) is 0.160. The van der Waals surface area contributed by atoms with Gasteiger partial charge in [0.05, 0.1) is 12.1 Å². The van der Waals surface area contributed by atoms with Crippen LogP contribution < -0.4 is 5.32 Å². The molecule has 3 nitrogen and oxygen atoms in total. The number of halogens is 2. The lowest BCUT2D eigenvalue weighted by molar-refractivity contribution is -0.115. The first-order valence-corrected chi connectivity index (χ1v) is 10.1. The molecular formula is C19H16ClFN2OS2. The number of aromatic nitrogens is 1. The van der Waals surface area contributed by atoms with Crippen LogP contribution in [-0.2, 0) is 17.0 Å². The Hall–Kier alpha value is -1.89. The minimum absolute atomic E-state index is 0.160. The van der Waals surface area contributed by atoms with Crippen molar-refractivity contribution in [2.45, 2.75) is 23.4 Å². The summed E-state index contributed by atoms with van der Waals surface area (Å²) < 4.78 is 14.4. The number of hydrogen-bond acceptors (Lipinski definition) is 4. The van der Waals surface area contributed by atoms with E-state index in [1.165, 1.54) is 17.4 Å². The average Bonchev–Trinajstić information content (AvgIpc) is 3.05. The quantitative estimate of drug-likeness (QED) is 0.532. The van der Waals surface area contributed by atoms with Gasteiger partial charge in [0.15, 0.2) is 0 Å². The van der Waals surface area contributed by atoms with E-state index in [9.17, 15) is 9.18 Å². The van der Waals surface area contributed by atoms with Crippen molar-refractivity contribution in [3.63, 3.8) is 0 Å². The third-order valence-corrected chi connectivity index (χ3v) is 6.00. The molecule has 3 aromatic rings. The van der Waals surface area contributed by atoms with E-state index in [0.29, 0.717) is 16.9 Å².